The smallest absolute Gasteiger partial charge is 0.396 e. The van der Waals surface area contributed by atoms with Crippen molar-refractivity contribution in [3.63, 3.8) is 0 Å². The SMILES string of the molecule is N#Cc1ncc(N2C(=O)C3(CCC3)N(c3ccc4[nH]c(CCO)nc4c3)C2=S)cc1C(F)(F)F. The van der Waals surface area contributed by atoms with Gasteiger partial charge in [-0.15, -0.1) is 0 Å². The van der Waals surface area contributed by atoms with Gasteiger partial charge in [0.05, 0.1) is 35.1 Å². The number of nitrogens with one attached hydrogen (secondary N) is 1. The first-order valence-electron chi connectivity index (χ1n) is 10.5. The number of thiocarbonyl (C=S) groups is 1. The predicted molar refractivity (Wildman–Crippen MR) is 120 cm³/mol. The van der Waals surface area contributed by atoms with Crippen LogP contribution in [-0.4, -0.2) is 43.2 Å². The molecule has 1 aliphatic heterocycles. The molecular weight excluding hydrogens is 469 g/mol. The van der Waals surface area contributed by atoms with E-state index in [4.69, 9.17) is 22.6 Å². The summed E-state index contributed by atoms with van der Waals surface area (Å²) in [5.41, 5.74) is -1.18. The fourth-order valence-corrected chi connectivity index (χ4v) is 4.97. The Kier molecular flexibility index (Phi) is 5.07. The molecule has 2 aliphatic rings. The number of aliphatic hydroxyl groups excluding tert-OH is 1. The van der Waals surface area contributed by atoms with E-state index in [9.17, 15) is 18.0 Å². The van der Waals surface area contributed by atoms with E-state index >= 15 is 0 Å². The molecule has 5 rings (SSSR count). The molecule has 12 heteroatoms. The Bertz CT molecular complexity index is 1380. The summed E-state index contributed by atoms with van der Waals surface area (Å²) in [5, 5.41) is 18.2. The first-order chi connectivity index (χ1) is 16.2. The maximum atomic E-state index is 13.5. The number of fused-ring (bicyclic) bond motifs is 1. The van der Waals surface area contributed by atoms with Gasteiger partial charge in [-0.1, -0.05) is 0 Å². The van der Waals surface area contributed by atoms with E-state index in [1.165, 1.54) is 6.07 Å². The second kappa shape index (κ2) is 7.75. The number of H-pyrrole nitrogens is 1. The molecule has 174 valence electrons. The van der Waals surface area contributed by atoms with Crippen molar-refractivity contribution in [2.75, 3.05) is 16.4 Å². The van der Waals surface area contributed by atoms with Crippen LogP contribution in [0.25, 0.3) is 11.0 Å². The summed E-state index contributed by atoms with van der Waals surface area (Å²) in [6.07, 6.45) is -1.65. The molecule has 0 atom stereocenters. The minimum absolute atomic E-state index is 0.0369. The van der Waals surface area contributed by atoms with E-state index in [1.807, 2.05) is 0 Å². The summed E-state index contributed by atoms with van der Waals surface area (Å²) >= 11 is 5.62. The third-order valence-corrected chi connectivity index (χ3v) is 6.62. The van der Waals surface area contributed by atoms with Crippen LogP contribution in [0.15, 0.2) is 30.5 Å². The number of hydrogen-bond acceptors (Lipinski definition) is 6. The number of aromatic nitrogens is 3. The quantitative estimate of drug-likeness (QED) is 0.544. The van der Waals surface area contributed by atoms with Gasteiger partial charge in [0.2, 0.25) is 0 Å². The molecule has 1 aliphatic carbocycles. The molecule has 1 spiro atoms. The van der Waals surface area contributed by atoms with Crippen LogP contribution in [-0.2, 0) is 17.4 Å². The van der Waals surface area contributed by atoms with Crippen molar-refractivity contribution < 1.29 is 23.1 Å². The lowest BCUT2D eigenvalue weighted by molar-refractivity contribution is -0.138. The van der Waals surface area contributed by atoms with Crippen molar-refractivity contribution >= 4 is 45.6 Å². The Morgan fingerprint density at radius 1 is 1.26 bits per heavy atom. The monoisotopic (exact) mass is 486 g/mol. The first-order valence-corrected chi connectivity index (χ1v) is 10.9. The number of pyridine rings is 1. The molecule has 3 heterocycles. The number of carbonyl (C=O) groups excluding carboxylic acids is 1. The zero-order valence-corrected chi connectivity index (χ0v) is 18.4. The predicted octanol–water partition coefficient (Wildman–Crippen LogP) is 3.44. The zero-order chi connectivity index (χ0) is 24.3. The maximum absolute atomic E-state index is 13.5. The van der Waals surface area contributed by atoms with Gasteiger partial charge < -0.3 is 15.0 Å². The van der Waals surface area contributed by atoms with E-state index in [0.29, 0.717) is 36.3 Å². The van der Waals surface area contributed by atoms with Crippen LogP contribution in [0.3, 0.4) is 0 Å². The Morgan fingerprint density at radius 3 is 2.65 bits per heavy atom. The fraction of sp³-hybridized carbons (Fsp3) is 0.318. The third-order valence-electron chi connectivity index (χ3n) is 6.26. The number of carbonyl (C=O) groups is 1. The Morgan fingerprint density at radius 2 is 2.03 bits per heavy atom. The van der Waals surface area contributed by atoms with E-state index in [-0.39, 0.29) is 17.4 Å². The Balaban J connectivity index is 1.59. The highest BCUT2D eigenvalue weighted by Crippen LogP contribution is 2.48. The van der Waals surface area contributed by atoms with E-state index in [2.05, 4.69) is 15.0 Å². The molecule has 0 bridgehead atoms. The highest BCUT2D eigenvalue weighted by atomic mass is 32.1. The number of hydrogen-bond donors (Lipinski definition) is 2. The molecule has 0 unspecified atom stereocenters. The van der Waals surface area contributed by atoms with E-state index in [0.717, 1.165) is 29.1 Å². The van der Waals surface area contributed by atoms with Crippen LogP contribution in [0.2, 0.25) is 0 Å². The number of alkyl halides is 3. The summed E-state index contributed by atoms with van der Waals surface area (Å²) in [6.45, 7) is -0.0615. The molecule has 2 N–H and O–H groups in total. The number of aromatic amines is 1. The van der Waals surface area contributed by atoms with Crippen LogP contribution in [0.5, 0.6) is 0 Å². The number of rotatable bonds is 4. The van der Waals surface area contributed by atoms with Gasteiger partial charge >= 0.3 is 6.18 Å². The maximum Gasteiger partial charge on any atom is 0.419 e. The molecule has 1 amide bonds. The van der Waals surface area contributed by atoms with Crippen LogP contribution in [0, 0.1) is 11.3 Å². The topological polar surface area (TPSA) is 109 Å². The van der Waals surface area contributed by atoms with E-state index in [1.54, 1.807) is 23.1 Å². The van der Waals surface area contributed by atoms with Gasteiger partial charge in [-0.05, 0) is 55.7 Å². The molecule has 2 aromatic heterocycles. The second-order valence-electron chi connectivity index (χ2n) is 8.20. The van der Waals surface area contributed by atoms with Crippen molar-refractivity contribution in [1.82, 2.24) is 15.0 Å². The highest BCUT2D eigenvalue weighted by molar-refractivity contribution is 7.81. The molecule has 2 fully saturated rings. The van der Waals surface area contributed by atoms with Crippen LogP contribution in [0.4, 0.5) is 24.5 Å². The Hall–Kier alpha value is -3.56. The number of imidazole rings is 1. The average Bonchev–Trinajstić information content (AvgIpc) is 3.27. The lowest BCUT2D eigenvalue weighted by Crippen LogP contribution is -2.55. The molecule has 34 heavy (non-hydrogen) atoms. The molecular formula is C22H17F3N6O2S. The molecule has 8 nitrogen and oxygen atoms in total. The van der Waals surface area contributed by atoms with Gasteiger partial charge in [-0.25, -0.2) is 9.97 Å². The minimum Gasteiger partial charge on any atom is -0.396 e. The summed E-state index contributed by atoms with van der Waals surface area (Å²) in [6, 6.07) is 7.49. The first kappa shape index (κ1) is 22.2. The average molecular weight is 486 g/mol. The minimum atomic E-state index is -4.82. The van der Waals surface area contributed by atoms with Crippen LogP contribution < -0.4 is 9.80 Å². The van der Waals surface area contributed by atoms with Crippen molar-refractivity contribution in [3.8, 4) is 6.07 Å². The largest absolute Gasteiger partial charge is 0.419 e. The van der Waals surface area contributed by atoms with Crippen molar-refractivity contribution in [2.45, 2.75) is 37.4 Å². The molecule has 1 aromatic carbocycles. The van der Waals surface area contributed by atoms with Gasteiger partial charge in [0.25, 0.3) is 5.91 Å². The number of nitrogens with zero attached hydrogens (tertiary/aromatic N) is 5. The fourth-order valence-electron chi connectivity index (χ4n) is 4.50. The van der Waals surface area contributed by atoms with Gasteiger partial charge in [-0.2, -0.15) is 18.4 Å². The summed E-state index contributed by atoms with van der Waals surface area (Å²) < 4.78 is 40.5. The molecule has 1 saturated carbocycles. The number of benzene rings is 1. The summed E-state index contributed by atoms with van der Waals surface area (Å²) in [5.74, 6) is 0.185. The number of nitriles is 1. The van der Waals surface area contributed by atoms with Crippen molar-refractivity contribution in [3.05, 3.63) is 47.5 Å². The number of anilines is 2. The van der Waals surface area contributed by atoms with Gasteiger partial charge in [0, 0.05) is 12.1 Å². The lowest BCUT2D eigenvalue weighted by atomic mass is 9.75. The summed E-state index contributed by atoms with van der Waals surface area (Å²) in [4.78, 5) is 27.5. The van der Waals surface area contributed by atoms with Crippen LogP contribution in [0.1, 0.15) is 36.3 Å². The number of amides is 1. The van der Waals surface area contributed by atoms with Crippen molar-refractivity contribution in [1.29, 1.82) is 5.26 Å². The van der Waals surface area contributed by atoms with Crippen LogP contribution >= 0.6 is 12.2 Å². The molecule has 3 aromatic rings. The number of halogens is 3. The molecule has 1 saturated heterocycles. The standard InChI is InChI=1S/C22H17F3N6O2S/c23-22(24,25)14-8-13(11-27-17(14)10-26)30-19(33)21(5-1-6-21)31(20(30)34)12-2-3-15-16(9-12)29-18(28-15)4-7-32/h2-3,8-9,11,32H,1,4-7H2,(H,28,29). The molecule has 0 radical (unpaired) electrons. The Labute approximate surface area is 196 Å². The zero-order valence-electron chi connectivity index (χ0n) is 17.6. The van der Waals surface area contributed by atoms with Gasteiger partial charge in [-0.3, -0.25) is 9.69 Å². The normalized spacial score (nSPS) is 17.5. The van der Waals surface area contributed by atoms with Gasteiger partial charge in [0.1, 0.15) is 17.4 Å². The number of aliphatic hydroxyl groups is 1. The lowest BCUT2D eigenvalue weighted by Gasteiger charge is -2.43. The van der Waals surface area contributed by atoms with E-state index < -0.39 is 28.9 Å². The summed E-state index contributed by atoms with van der Waals surface area (Å²) in [7, 11) is 0. The highest BCUT2D eigenvalue weighted by Gasteiger charge is 2.59. The third kappa shape index (κ3) is 3.23. The van der Waals surface area contributed by atoms with Gasteiger partial charge in [0.15, 0.2) is 10.8 Å². The van der Waals surface area contributed by atoms with Crippen molar-refractivity contribution in [2.24, 2.45) is 0 Å². The second-order valence-corrected chi connectivity index (χ2v) is 8.57.